The average Bonchev–Trinajstić information content (AvgIpc) is 3.29. The molecule has 0 amide bonds. The fraction of sp³-hybridized carbons (Fsp3) is 0.879. The maximum Gasteiger partial charge on any atom is 1.00 e. The minimum absolute atomic E-state index is 0. The number of aromatic nitrogens is 2. The van der Waals surface area contributed by atoms with Crippen LogP contribution in [0.15, 0.2) is 23.7 Å². The van der Waals surface area contributed by atoms with E-state index in [1.54, 1.807) is 7.05 Å². The molecule has 0 bridgehead atoms. The van der Waals surface area contributed by atoms with Crippen LogP contribution < -0.4 is 4.57 Å². The summed E-state index contributed by atoms with van der Waals surface area (Å²) < 4.78 is 4.42. The first-order valence-corrected chi connectivity index (χ1v) is 15.5. The van der Waals surface area contributed by atoms with Gasteiger partial charge in [0.2, 0.25) is 6.33 Å². The van der Waals surface area contributed by atoms with Gasteiger partial charge in [0.05, 0.1) is 12.1 Å². The second-order valence-electron chi connectivity index (χ2n) is 13.3. The predicted molar refractivity (Wildman–Crippen MR) is 181 cm³/mol. The third-order valence-electron chi connectivity index (χ3n) is 6.41. The van der Waals surface area contributed by atoms with E-state index >= 15 is 0 Å². The van der Waals surface area contributed by atoms with Crippen molar-refractivity contribution in [1.29, 1.82) is 0 Å². The number of hydrogen-bond donors (Lipinski definition) is 0. The monoisotopic (exact) mass is 1080 g/mol. The van der Waals surface area contributed by atoms with Gasteiger partial charge in [0.15, 0.2) is 0 Å². The van der Waals surface area contributed by atoms with E-state index in [1.165, 1.54) is 0 Å². The van der Waals surface area contributed by atoms with Gasteiger partial charge in [-0.15, -0.1) is 0 Å². The standard InChI is InChI=1S/C9H17N2.C9H21N.C8H17N3.C7H17N.5Ru/c1-8(2)10-5-6-11(7-10)9(3)4;1-7(2)9(8(3)4)10(5)6;1-6(2)10-8(9-5)11-7(3)4;1-6(2)8(5)7(3)4;;;;;/h5-9H,1-4H3;7-9H,1-6H3;6-7H,1-5H3;6-7H,1-5H3;;;;;/q+1;;-2;;;4*+1. The fourth-order valence-corrected chi connectivity index (χ4v) is 4.17. The van der Waals surface area contributed by atoms with Gasteiger partial charge >= 0.3 is 77.9 Å². The van der Waals surface area contributed by atoms with Crippen molar-refractivity contribution in [2.45, 2.75) is 153 Å². The van der Waals surface area contributed by atoms with Crippen LogP contribution >= 0.6 is 0 Å². The van der Waals surface area contributed by atoms with Crippen molar-refractivity contribution in [3.05, 3.63) is 29.4 Å². The summed E-state index contributed by atoms with van der Waals surface area (Å²) in [6.07, 6.45) is 6.38. The molecule has 1 heterocycles. The van der Waals surface area contributed by atoms with Crippen molar-refractivity contribution in [3.8, 4) is 0 Å². The zero-order valence-electron chi connectivity index (χ0n) is 32.3. The zero-order chi connectivity index (χ0) is 32.3. The number of nitrogens with zero attached hydrogens (tertiary/aromatic N) is 7. The Labute approximate surface area is 346 Å². The van der Waals surface area contributed by atoms with Crippen LogP contribution in [0.25, 0.3) is 10.6 Å². The van der Waals surface area contributed by atoms with E-state index in [0.717, 1.165) is 17.9 Å². The summed E-state index contributed by atoms with van der Waals surface area (Å²) in [5, 5.41) is 8.44. The fourth-order valence-electron chi connectivity index (χ4n) is 4.17. The van der Waals surface area contributed by atoms with Gasteiger partial charge in [-0.1, -0.05) is 74.5 Å². The first-order chi connectivity index (χ1) is 18.2. The Kier molecular flexibility index (Phi) is 53.1. The van der Waals surface area contributed by atoms with Crippen LogP contribution in [-0.4, -0.2) is 78.7 Å². The van der Waals surface area contributed by atoms with Crippen molar-refractivity contribution in [1.82, 2.24) is 14.4 Å². The Morgan fingerprint density at radius 3 is 1.13 bits per heavy atom. The van der Waals surface area contributed by atoms with Crippen molar-refractivity contribution in [2.24, 2.45) is 16.8 Å². The molecule has 0 spiro atoms. The quantitative estimate of drug-likeness (QED) is 0.108. The molecule has 0 unspecified atom stereocenters. The molecule has 0 saturated carbocycles. The predicted octanol–water partition coefficient (Wildman–Crippen LogP) is 8.42. The van der Waals surface area contributed by atoms with Crippen LogP contribution in [0.2, 0.25) is 0 Å². The van der Waals surface area contributed by atoms with Crippen molar-refractivity contribution in [2.75, 3.05) is 28.2 Å². The molecule has 7 nitrogen and oxygen atoms in total. The van der Waals surface area contributed by atoms with Gasteiger partial charge in [-0.3, -0.25) is 0 Å². The van der Waals surface area contributed by atoms with Crippen LogP contribution in [0.5, 0.6) is 0 Å². The van der Waals surface area contributed by atoms with E-state index in [1.807, 2.05) is 27.7 Å². The molecule has 1 rings (SSSR count). The Balaban J connectivity index is -0.0000000656. The molecule has 0 aliphatic carbocycles. The molecule has 0 aliphatic heterocycles. The van der Waals surface area contributed by atoms with E-state index < -0.39 is 0 Å². The summed E-state index contributed by atoms with van der Waals surface area (Å²) in [5.41, 5.74) is 0. The SMILES string of the molecule is CC(C)C(C(C)C)N(C)C.CC(C)N(C)C(C)C.CC(C)n1cc[n+](C(C)C)c1.CN=C([N-]C(C)C)[N-]C(C)C.[Ru+].[Ru+].[Ru+].[Ru+].[Ru]. The molecule has 4 radical (unpaired) electrons. The van der Waals surface area contributed by atoms with Gasteiger partial charge in [-0.2, -0.15) is 5.96 Å². The summed E-state index contributed by atoms with van der Waals surface area (Å²) in [7, 11) is 8.18. The molecule has 12 heteroatoms. The van der Waals surface area contributed by atoms with Crippen LogP contribution in [-0.2, 0) is 97.4 Å². The molecule has 0 aromatic carbocycles. The van der Waals surface area contributed by atoms with Crippen molar-refractivity contribution in [3.63, 3.8) is 0 Å². The molecule has 0 saturated heterocycles. The van der Waals surface area contributed by atoms with Gasteiger partial charge in [-0.05, 0) is 88.4 Å². The number of guanidine groups is 1. The molecule has 0 fully saturated rings. The van der Waals surface area contributed by atoms with Gasteiger partial charge in [0.25, 0.3) is 0 Å². The molecule has 1 aromatic rings. The van der Waals surface area contributed by atoms with E-state index in [-0.39, 0.29) is 109 Å². The van der Waals surface area contributed by atoms with Crippen molar-refractivity contribution >= 4 is 5.96 Å². The number of aliphatic imine (C=N–C) groups is 1. The van der Waals surface area contributed by atoms with Crippen LogP contribution in [0, 0.1) is 11.8 Å². The molecular weight excluding hydrogens is 1000 g/mol. The Bertz CT molecular complexity index is 690. The third kappa shape index (κ3) is 36.6. The van der Waals surface area contributed by atoms with Crippen LogP contribution in [0.4, 0.5) is 0 Å². The molecule has 276 valence electrons. The summed E-state index contributed by atoms with van der Waals surface area (Å²) >= 11 is 0. The number of rotatable bonds is 9. The normalized spacial score (nSPS) is 10.2. The summed E-state index contributed by atoms with van der Waals surface area (Å²) in [5.74, 6) is 2.14. The first-order valence-electron chi connectivity index (χ1n) is 15.5. The van der Waals surface area contributed by atoms with Gasteiger partial charge in [-0.25, -0.2) is 9.13 Å². The topological polar surface area (TPSA) is 55.9 Å². The van der Waals surface area contributed by atoms with E-state index in [2.05, 4.69) is 158 Å². The van der Waals surface area contributed by atoms with Gasteiger partial charge < -0.3 is 25.4 Å². The summed E-state index contributed by atoms with van der Waals surface area (Å²) in [6, 6.07) is 3.75. The largest absolute Gasteiger partial charge is 1.00 e. The van der Waals surface area contributed by atoms with E-state index in [0.29, 0.717) is 30.1 Å². The molecule has 0 N–H and O–H groups in total. The van der Waals surface area contributed by atoms with E-state index in [9.17, 15) is 0 Å². The Hall–Kier alpha value is 1.52. The van der Waals surface area contributed by atoms with E-state index in [4.69, 9.17) is 0 Å². The summed E-state index contributed by atoms with van der Waals surface area (Å²) in [4.78, 5) is 8.60. The smallest absolute Gasteiger partial charge is 0.555 e. The maximum atomic E-state index is 4.22. The van der Waals surface area contributed by atoms with Crippen LogP contribution in [0.3, 0.4) is 0 Å². The average molecular weight is 1070 g/mol. The number of imidazole rings is 1. The summed E-state index contributed by atoms with van der Waals surface area (Å²) in [6.45, 7) is 34.8. The Morgan fingerprint density at radius 1 is 0.667 bits per heavy atom. The second kappa shape index (κ2) is 36.8. The zero-order valence-corrected chi connectivity index (χ0v) is 41.0. The molecular formula is C33H72N7Ru5+3. The van der Waals surface area contributed by atoms with Crippen molar-refractivity contribution < 1.29 is 102 Å². The molecule has 0 atom stereocenters. The first kappa shape index (κ1) is 65.0. The minimum Gasteiger partial charge on any atom is -0.555 e. The van der Waals surface area contributed by atoms with Gasteiger partial charge in [0, 0.05) is 37.6 Å². The maximum absolute atomic E-state index is 4.22. The molecule has 0 aliphatic rings. The van der Waals surface area contributed by atoms with Crippen LogP contribution in [0.1, 0.15) is 123 Å². The molecule has 45 heavy (non-hydrogen) atoms. The van der Waals surface area contributed by atoms with Gasteiger partial charge in [0.1, 0.15) is 12.4 Å². The number of hydrogen-bond acceptors (Lipinski definition) is 3. The third-order valence-corrected chi connectivity index (χ3v) is 6.41. The molecule has 1 aromatic heterocycles. The Morgan fingerprint density at radius 2 is 1.02 bits per heavy atom. The minimum atomic E-state index is 0. The second-order valence-corrected chi connectivity index (χ2v) is 13.3.